The molecule has 10 heteroatoms. The van der Waals surface area contributed by atoms with Crippen molar-refractivity contribution in [1.29, 1.82) is 0 Å². The molecule has 166 valence electrons. The van der Waals surface area contributed by atoms with Crippen LogP contribution in [0.2, 0.25) is 10.0 Å². The molecule has 1 aromatic heterocycles. The highest BCUT2D eigenvalue weighted by atomic mass is 35.5. The maximum Gasteiger partial charge on any atom is 0.356 e. The van der Waals surface area contributed by atoms with E-state index < -0.39 is 5.97 Å². The van der Waals surface area contributed by atoms with Crippen LogP contribution in [0.5, 0.6) is 11.5 Å². The molecular formula is C22H20Cl2N4O4. The first-order valence-electron chi connectivity index (χ1n) is 9.91. The van der Waals surface area contributed by atoms with E-state index in [-0.39, 0.29) is 11.7 Å². The summed E-state index contributed by atoms with van der Waals surface area (Å²) in [6.45, 7) is 3.15. The van der Waals surface area contributed by atoms with Crippen LogP contribution in [-0.2, 0) is 6.54 Å². The third kappa shape index (κ3) is 5.21. The Kier molecular flexibility index (Phi) is 6.64. The third-order valence-electron chi connectivity index (χ3n) is 5.08. The molecule has 1 fully saturated rings. The highest BCUT2D eigenvalue weighted by Gasteiger charge is 2.23. The van der Waals surface area contributed by atoms with Gasteiger partial charge in [-0.25, -0.2) is 9.59 Å². The van der Waals surface area contributed by atoms with Crippen molar-refractivity contribution >= 4 is 35.2 Å². The minimum atomic E-state index is -1.16. The molecule has 2 heterocycles. The molecule has 0 atom stereocenters. The van der Waals surface area contributed by atoms with E-state index in [9.17, 15) is 9.59 Å². The molecule has 4 rings (SSSR count). The van der Waals surface area contributed by atoms with Crippen LogP contribution < -0.4 is 4.74 Å². The highest BCUT2D eigenvalue weighted by molar-refractivity contribution is 6.42. The number of aromatic carboxylic acids is 1. The van der Waals surface area contributed by atoms with Crippen molar-refractivity contribution in [3.8, 4) is 11.5 Å². The van der Waals surface area contributed by atoms with Gasteiger partial charge in [-0.3, -0.25) is 4.90 Å². The van der Waals surface area contributed by atoms with E-state index >= 15 is 0 Å². The largest absolute Gasteiger partial charge is 0.476 e. The molecule has 2 aromatic carbocycles. The van der Waals surface area contributed by atoms with E-state index in [0.717, 1.165) is 10.2 Å². The van der Waals surface area contributed by atoms with Crippen LogP contribution in [0.25, 0.3) is 0 Å². The minimum absolute atomic E-state index is 0.153. The van der Waals surface area contributed by atoms with Crippen LogP contribution in [-0.4, -0.2) is 62.9 Å². The number of carboxylic acids is 1. The number of nitrogens with zero attached hydrogens (tertiary/aromatic N) is 4. The lowest BCUT2D eigenvalue weighted by Crippen LogP contribution is -2.49. The Morgan fingerprint density at radius 2 is 1.72 bits per heavy atom. The lowest BCUT2D eigenvalue weighted by molar-refractivity contribution is 0.0689. The van der Waals surface area contributed by atoms with Crippen LogP contribution in [0.15, 0.2) is 54.7 Å². The highest BCUT2D eigenvalue weighted by Crippen LogP contribution is 2.29. The molecule has 0 unspecified atom stereocenters. The summed E-state index contributed by atoms with van der Waals surface area (Å²) in [6, 6.07) is 13.9. The fraction of sp³-hybridized carbons (Fsp3) is 0.227. The second-order valence-corrected chi connectivity index (χ2v) is 8.14. The Balaban J connectivity index is 1.33. The lowest BCUT2D eigenvalue weighted by atomic mass is 10.2. The first-order valence-corrected chi connectivity index (χ1v) is 10.7. The molecule has 0 radical (unpaired) electrons. The zero-order valence-electron chi connectivity index (χ0n) is 16.9. The van der Waals surface area contributed by atoms with Gasteiger partial charge in [0.2, 0.25) is 0 Å². The molecule has 1 saturated heterocycles. The number of hydrogen-bond acceptors (Lipinski definition) is 5. The molecule has 0 spiro atoms. The summed E-state index contributed by atoms with van der Waals surface area (Å²) in [7, 11) is 0. The van der Waals surface area contributed by atoms with Crippen molar-refractivity contribution in [3.05, 3.63) is 76.0 Å². The first kappa shape index (κ1) is 22.1. The smallest absolute Gasteiger partial charge is 0.356 e. The number of carbonyl (C=O) groups is 2. The van der Waals surface area contributed by atoms with Gasteiger partial charge in [0.05, 0.1) is 10.0 Å². The minimum Gasteiger partial charge on any atom is -0.476 e. The average Bonchev–Trinajstić information content (AvgIpc) is 3.27. The summed E-state index contributed by atoms with van der Waals surface area (Å²) in [5.41, 5.74) is 0.931. The van der Waals surface area contributed by atoms with Crippen molar-refractivity contribution in [1.82, 2.24) is 19.6 Å². The quantitative estimate of drug-likeness (QED) is 0.586. The van der Waals surface area contributed by atoms with Gasteiger partial charge in [-0.2, -0.15) is 9.78 Å². The SMILES string of the molecule is O=C(O)c1ccn(C(=O)N2CCN(Cc3cccc(Oc4ccc(Cl)c(Cl)c4)c3)CC2)n1. The van der Waals surface area contributed by atoms with Crippen LogP contribution in [0.3, 0.4) is 0 Å². The van der Waals surface area contributed by atoms with Crippen LogP contribution >= 0.6 is 23.2 Å². The molecule has 1 amide bonds. The van der Waals surface area contributed by atoms with Gasteiger partial charge >= 0.3 is 12.0 Å². The van der Waals surface area contributed by atoms with Gasteiger partial charge in [-0.15, -0.1) is 0 Å². The molecule has 0 saturated carbocycles. The first-order chi connectivity index (χ1) is 15.4. The van der Waals surface area contributed by atoms with E-state index in [2.05, 4.69) is 10.00 Å². The summed E-state index contributed by atoms with van der Waals surface area (Å²) < 4.78 is 6.97. The molecule has 1 aliphatic rings. The normalized spacial score (nSPS) is 14.4. The van der Waals surface area contributed by atoms with E-state index in [1.807, 2.05) is 24.3 Å². The second-order valence-electron chi connectivity index (χ2n) is 7.32. The summed E-state index contributed by atoms with van der Waals surface area (Å²) in [6.07, 6.45) is 1.37. The Labute approximate surface area is 194 Å². The fourth-order valence-corrected chi connectivity index (χ4v) is 3.72. The molecule has 1 N–H and O–H groups in total. The van der Waals surface area contributed by atoms with Crippen LogP contribution in [0, 0.1) is 0 Å². The molecule has 0 bridgehead atoms. The van der Waals surface area contributed by atoms with Crippen LogP contribution in [0.1, 0.15) is 16.1 Å². The standard InChI is InChI=1S/C22H20Cl2N4O4/c23-18-5-4-17(13-19(18)24)32-16-3-1-2-15(12-16)14-26-8-10-27(11-9-26)22(31)28-7-6-20(25-28)21(29)30/h1-7,12-13H,8-11,14H2,(H,29,30). The Morgan fingerprint density at radius 1 is 0.969 bits per heavy atom. The molecule has 3 aromatic rings. The Bertz CT molecular complexity index is 1140. The lowest BCUT2D eigenvalue weighted by Gasteiger charge is -2.34. The molecule has 32 heavy (non-hydrogen) atoms. The zero-order chi connectivity index (χ0) is 22.7. The van der Waals surface area contributed by atoms with Crippen molar-refractivity contribution in [3.63, 3.8) is 0 Å². The molecule has 8 nitrogen and oxygen atoms in total. The maximum atomic E-state index is 12.5. The van der Waals surface area contributed by atoms with Gasteiger partial charge in [0.15, 0.2) is 5.69 Å². The summed E-state index contributed by atoms with van der Waals surface area (Å²) in [4.78, 5) is 27.4. The van der Waals surface area contributed by atoms with E-state index in [1.54, 1.807) is 23.1 Å². The maximum absolute atomic E-state index is 12.5. The molecule has 1 aliphatic heterocycles. The topological polar surface area (TPSA) is 87.9 Å². The van der Waals surface area contributed by atoms with E-state index in [0.29, 0.717) is 54.3 Å². The number of amides is 1. The third-order valence-corrected chi connectivity index (χ3v) is 5.82. The Morgan fingerprint density at radius 3 is 2.41 bits per heavy atom. The van der Waals surface area contributed by atoms with E-state index in [4.69, 9.17) is 33.0 Å². The van der Waals surface area contributed by atoms with Crippen LogP contribution in [0.4, 0.5) is 4.79 Å². The second kappa shape index (κ2) is 9.60. The van der Waals surface area contributed by atoms with Crippen molar-refractivity contribution < 1.29 is 19.4 Å². The monoisotopic (exact) mass is 474 g/mol. The number of rotatable bonds is 5. The van der Waals surface area contributed by atoms with E-state index in [1.165, 1.54) is 12.3 Å². The molecular weight excluding hydrogens is 455 g/mol. The number of benzene rings is 2. The number of carbonyl (C=O) groups excluding carboxylic acids is 1. The summed E-state index contributed by atoms with van der Waals surface area (Å²) in [5, 5.41) is 13.7. The van der Waals surface area contributed by atoms with Gasteiger partial charge in [0, 0.05) is 45.0 Å². The number of piperazine rings is 1. The van der Waals surface area contributed by atoms with Gasteiger partial charge in [0.25, 0.3) is 0 Å². The number of hydrogen-bond donors (Lipinski definition) is 1. The van der Waals surface area contributed by atoms with Crippen molar-refractivity contribution in [2.45, 2.75) is 6.54 Å². The fourth-order valence-electron chi connectivity index (χ4n) is 3.43. The predicted octanol–water partition coefficient (Wildman–Crippen LogP) is 4.47. The zero-order valence-corrected chi connectivity index (χ0v) is 18.5. The average molecular weight is 475 g/mol. The Hall–Kier alpha value is -3.07. The van der Waals surface area contributed by atoms with Crippen molar-refractivity contribution in [2.75, 3.05) is 26.2 Å². The van der Waals surface area contributed by atoms with Gasteiger partial charge in [0.1, 0.15) is 11.5 Å². The van der Waals surface area contributed by atoms with Gasteiger partial charge in [-0.1, -0.05) is 35.3 Å². The summed E-state index contributed by atoms with van der Waals surface area (Å²) in [5.74, 6) is 0.141. The van der Waals surface area contributed by atoms with Gasteiger partial charge in [-0.05, 0) is 35.9 Å². The number of aromatic nitrogens is 2. The number of carboxylic acid groups (broad SMARTS) is 1. The summed E-state index contributed by atoms with van der Waals surface area (Å²) >= 11 is 12.0. The predicted molar refractivity (Wildman–Crippen MR) is 120 cm³/mol. The molecule has 0 aliphatic carbocycles. The number of ether oxygens (including phenoxy) is 1. The number of halogens is 2. The van der Waals surface area contributed by atoms with Crippen molar-refractivity contribution in [2.24, 2.45) is 0 Å². The van der Waals surface area contributed by atoms with Gasteiger partial charge < -0.3 is 14.7 Å².